The van der Waals surface area contributed by atoms with Crippen molar-refractivity contribution in [2.24, 2.45) is 11.7 Å². The van der Waals surface area contributed by atoms with E-state index in [9.17, 15) is 14.3 Å². The number of primary amides is 1. The zero-order chi connectivity index (χ0) is 22.2. The number of hydrogen-bond donors (Lipinski definition) is 4. The van der Waals surface area contributed by atoms with Crippen LogP contribution in [0, 0.1) is 11.7 Å². The number of fused-ring (bicyclic) bond motifs is 2. The first-order valence-corrected chi connectivity index (χ1v) is 11.3. The van der Waals surface area contributed by atoms with Crippen molar-refractivity contribution in [2.75, 3.05) is 6.61 Å². The van der Waals surface area contributed by atoms with Gasteiger partial charge in [0, 0.05) is 40.3 Å². The molecule has 2 aromatic carbocycles. The summed E-state index contributed by atoms with van der Waals surface area (Å²) in [5, 5.41) is 14.8. The van der Waals surface area contributed by atoms with Crippen LogP contribution in [0.3, 0.4) is 0 Å². The molecule has 0 spiro atoms. The normalized spacial score (nSPS) is 19.2. The number of ether oxygens (including phenoxy) is 1. The molecule has 3 aromatic rings. The Kier molecular flexibility index (Phi) is 5.51. The number of hydrogen-bond acceptors (Lipinski definition) is 4. The molecule has 1 aliphatic carbocycles. The number of phenolic OH excluding ortho intramolecular Hbond substituents is 1. The van der Waals surface area contributed by atoms with Crippen LogP contribution >= 0.6 is 0 Å². The molecule has 6 nitrogen and oxygen atoms in total. The van der Waals surface area contributed by atoms with Crippen LogP contribution in [0.25, 0.3) is 10.9 Å². The molecule has 1 aromatic heterocycles. The first kappa shape index (κ1) is 20.8. The molecule has 2 heterocycles. The van der Waals surface area contributed by atoms with Gasteiger partial charge in [-0.25, -0.2) is 4.39 Å². The number of phenols is 1. The molecule has 2 aliphatic rings. The fourth-order valence-corrected chi connectivity index (χ4v) is 5.07. The van der Waals surface area contributed by atoms with Gasteiger partial charge in [-0.3, -0.25) is 4.79 Å². The van der Waals surface area contributed by atoms with E-state index < -0.39 is 5.91 Å². The number of carbonyl (C=O) groups is 1. The van der Waals surface area contributed by atoms with E-state index in [1.165, 1.54) is 31.4 Å². The van der Waals surface area contributed by atoms with Crippen molar-refractivity contribution in [1.82, 2.24) is 10.3 Å². The summed E-state index contributed by atoms with van der Waals surface area (Å²) in [7, 11) is 0. The zero-order valence-corrected chi connectivity index (χ0v) is 17.9. The van der Waals surface area contributed by atoms with Crippen LogP contribution in [-0.2, 0) is 12.8 Å². The third kappa shape index (κ3) is 3.93. The molecule has 1 amide bonds. The van der Waals surface area contributed by atoms with Crippen molar-refractivity contribution >= 4 is 16.8 Å². The summed E-state index contributed by atoms with van der Waals surface area (Å²) in [6.07, 6.45) is 7.95. The Labute approximate surface area is 186 Å². The lowest BCUT2D eigenvalue weighted by atomic mass is 9.77. The predicted octanol–water partition coefficient (Wildman–Crippen LogP) is 3.81. The quantitative estimate of drug-likeness (QED) is 0.452. The third-order valence-corrected chi connectivity index (χ3v) is 7.01. The van der Waals surface area contributed by atoms with E-state index in [4.69, 9.17) is 10.5 Å². The fourth-order valence-electron chi connectivity index (χ4n) is 5.07. The minimum absolute atomic E-state index is 0.0217. The number of aromatic hydroxyl groups is 1. The van der Waals surface area contributed by atoms with Crippen molar-refractivity contribution in [3.63, 3.8) is 0 Å². The molecular formula is C25H28FN3O3. The average Bonchev–Trinajstić information content (AvgIpc) is 3.12. The van der Waals surface area contributed by atoms with Crippen LogP contribution < -0.4 is 15.8 Å². The number of rotatable bonds is 7. The predicted molar refractivity (Wildman–Crippen MR) is 120 cm³/mol. The van der Waals surface area contributed by atoms with Gasteiger partial charge in [0.15, 0.2) is 11.5 Å². The largest absolute Gasteiger partial charge is 0.504 e. The smallest absolute Gasteiger partial charge is 0.249 e. The van der Waals surface area contributed by atoms with Gasteiger partial charge in [-0.2, -0.15) is 0 Å². The molecule has 1 unspecified atom stereocenters. The average molecular weight is 438 g/mol. The van der Waals surface area contributed by atoms with Crippen molar-refractivity contribution in [1.29, 1.82) is 0 Å². The van der Waals surface area contributed by atoms with E-state index in [2.05, 4.69) is 10.3 Å². The number of aromatic amines is 1. The molecular weight excluding hydrogens is 409 g/mol. The molecule has 0 saturated heterocycles. The van der Waals surface area contributed by atoms with E-state index >= 15 is 0 Å². The van der Waals surface area contributed by atoms with Crippen LogP contribution in [0.2, 0.25) is 0 Å². The van der Waals surface area contributed by atoms with Crippen LogP contribution in [0.1, 0.15) is 47.2 Å². The molecule has 1 saturated carbocycles. The maximum absolute atomic E-state index is 13.7. The standard InChI is InChI=1S/C25H28FN3O3/c26-16-5-8-22-19(10-16)15(12-28-22)4-7-21(14-2-1-3-14)29-17-11-20-18(25(27)31)6-9-23(30)24(20)32-13-17/h5-6,8-10,12,14,17,21,28-30H,1-4,7,11,13H2,(H2,27,31)/t17-,21?/m1/s1. The lowest BCUT2D eigenvalue weighted by Crippen LogP contribution is -2.49. The molecule has 5 N–H and O–H groups in total. The van der Waals surface area contributed by atoms with Gasteiger partial charge in [-0.15, -0.1) is 0 Å². The Balaban J connectivity index is 1.31. The Bertz CT molecular complexity index is 1150. The highest BCUT2D eigenvalue weighted by Crippen LogP contribution is 2.37. The van der Waals surface area contributed by atoms with E-state index in [0.717, 1.165) is 29.3 Å². The highest BCUT2D eigenvalue weighted by Gasteiger charge is 2.32. The molecule has 0 radical (unpaired) electrons. The van der Waals surface area contributed by atoms with Gasteiger partial charge in [-0.05, 0) is 73.9 Å². The van der Waals surface area contributed by atoms with Gasteiger partial charge < -0.3 is 25.9 Å². The van der Waals surface area contributed by atoms with Crippen molar-refractivity contribution in [2.45, 2.75) is 50.6 Å². The summed E-state index contributed by atoms with van der Waals surface area (Å²) in [5.41, 5.74) is 8.68. The van der Waals surface area contributed by atoms with E-state index in [-0.39, 0.29) is 17.6 Å². The Morgan fingerprint density at radius 3 is 2.91 bits per heavy atom. The van der Waals surface area contributed by atoms with Gasteiger partial charge in [0.2, 0.25) is 5.91 Å². The molecule has 2 atom stereocenters. The van der Waals surface area contributed by atoms with Crippen molar-refractivity contribution in [3.05, 3.63) is 59.0 Å². The maximum Gasteiger partial charge on any atom is 0.249 e. The number of aromatic nitrogens is 1. The van der Waals surface area contributed by atoms with Gasteiger partial charge in [0.05, 0.1) is 0 Å². The highest BCUT2D eigenvalue weighted by molar-refractivity contribution is 5.95. The molecule has 7 heteroatoms. The molecule has 1 fully saturated rings. The van der Waals surface area contributed by atoms with Crippen molar-refractivity contribution in [3.8, 4) is 11.5 Å². The van der Waals surface area contributed by atoms with E-state index in [0.29, 0.717) is 41.9 Å². The van der Waals surface area contributed by atoms with Crippen LogP contribution in [-0.4, -0.2) is 34.7 Å². The number of amides is 1. The summed E-state index contributed by atoms with van der Waals surface area (Å²) in [6, 6.07) is 8.17. The summed E-state index contributed by atoms with van der Waals surface area (Å²) in [6.45, 7) is 0.421. The van der Waals surface area contributed by atoms with E-state index in [1.54, 1.807) is 18.2 Å². The molecule has 168 valence electrons. The molecule has 5 rings (SSSR count). The summed E-state index contributed by atoms with van der Waals surface area (Å²) in [5.74, 6) is 0.246. The first-order valence-electron chi connectivity index (χ1n) is 11.3. The number of nitrogens with two attached hydrogens (primary N) is 1. The number of halogens is 1. The van der Waals surface area contributed by atoms with Gasteiger partial charge in [0.25, 0.3) is 0 Å². The topological polar surface area (TPSA) is 100 Å². The zero-order valence-electron chi connectivity index (χ0n) is 17.9. The lowest BCUT2D eigenvalue weighted by molar-refractivity contribution is 0.0996. The van der Waals surface area contributed by atoms with Gasteiger partial charge in [-0.1, -0.05) is 6.42 Å². The third-order valence-electron chi connectivity index (χ3n) is 7.01. The summed E-state index contributed by atoms with van der Waals surface area (Å²) >= 11 is 0. The highest BCUT2D eigenvalue weighted by atomic mass is 19.1. The lowest BCUT2D eigenvalue weighted by Gasteiger charge is -2.38. The second kappa shape index (κ2) is 8.47. The molecule has 1 aliphatic heterocycles. The number of aryl methyl sites for hydroxylation is 1. The Hall–Kier alpha value is -3.06. The fraction of sp³-hybridized carbons (Fsp3) is 0.400. The van der Waals surface area contributed by atoms with Gasteiger partial charge in [0.1, 0.15) is 12.4 Å². The second-order valence-electron chi connectivity index (χ2n) is 9.02. The van der Waals surface area contributed by atoms with E-state index in [1.807, 2.05) is 6.20 Å². The number of benzene rings is 2. The summed E-state index contributed by atoms with van der Waals surface area (Å²) < 4.78 is 19.6. The van der Waals surface area contributed by atoms with Crippen LogP contribution in [0.4, 0.5) is 4.39 Å². The summed E-state index contributed by atoms with van der Waals surface area (Å²) in [4.78, 5) is 15.1. The maximum atomic E-state index is 13.7. The Morgan fingerprint density at radius 2 is 2.16 bits per heavy atom. The number of carbonyl (C=O) groups excluding carboxylic acids is 1. The molecule has 0 bridgehead atoms. The monoisotopic (exact) mass is 437 g/mol. The van der Waals surface area contributed by atoms with Crippen LogP contribution in [0.5, 0.6) is 11.5 Å². The minimum atomic E-state index is -0.521. The number of H-pyrrole nitrogens is 1. The first-order chi connectivity index (χ1) is 15.5. The SMILES string of the molecule is NC(=O)c1ccc(O)c2c1C[C@@H](NC(CCc1c[nH]c3ccc(F)cc13)C1CCC1)CO2. The number of nitrogens with one attached hydrogen (secondary N) is 2. The minimum Gasteiger partial charge on any atom is -0.504 e. The van der Waals surface area contributed by atoms with Gasteiger partial charge >= 0.3 is 0 Å². The Morgan fingerprint density at radius 1 is 1.31 bits per heavy atom. The van der Waals surface area contributed by atoms with Crippen molar-refractivity contribution < 1.29 is 19.0 Å². The molecule has 32 heavy (non-hydrogen) atoms. The van der Waals surface area contributed by atoms with Crippen LogP contribution in [0.15, 0.2) is 36.5 Å². The second-order valence-corrected chi connectivity index (χ2v) is 9.02.